The molecule has 0 aliphatic heterocycles. The largest absolute Gasteiger partial charge is 0.496 e. The van der Waals surface area contributed by atoms with Crippen molar-refractivity contribution in [3.05, 3.63) is 64.2 Å². The number of hydrogen-bond donors (Lipinski definition) is 0. The second kappa shape index (κ2) is 6.51. The van der Waals surface area contributed by atoms with E-state index >= 15 is 0 Å². The maximum atomic E-state index is 11.9. The van der Waals surface area contributed by atoms with E-state index < -0.39 is 10.9 Å². The third-order valence-electron chi connectivity index (χ3n) is 2.79. The molecule has 0 atom stereocenters. The van der Waals surface area contributed by atoms with Crippen LogP contribution in [-0.2, 0) is 11.2 Å². The highest BCUT2D eigenvalue weighted by Crippen LogP contribution is 2.21. The zero-order valence-electron chi connectivity index (χ0n) is 11.3. The smallest absolute Gasteiger partial charge is 0.315 e. The lowest BCUT2D eigenvalue weighted by molar-refractivity contribution is -0.384. The first-order chi connectivity index (χ1) is 10.1. The predicted octanol–water partition coefficient (Wildman–Crippen LogP) is 2.75. The van der Waals surface area contributed by atoms with Gasteiger partial charge in [0.1, 0.15) is 11.5 Å². The number of benzene rings is 2. The number of nitrogens with zero attached hydrogens (tertiary/aromatic N) is 1. The summed E-state index contributed by atoms with van der Waals surface area (Å²) in [7, 11) is 1.52. The summed E-state index contributed by atoms with van der Waals surface area (Å²) in [6, 6.07) is 12.6. The molecule has 6 heteroatoms. The van der Waals surface area contributed by atoms with Gasteiger partial charge in [0.05, 0.1) is 24.5 Å². The Balaban J connectivity index is 2.08. The van der Waals surface area contributed by atoms with E-state index in [-0.39, 0.29) is 17.9 Å². The van der Waals surface area contributed by atoms with Crippen molar-refractivity contribution in [2.75, 3.05) is 7.11 Å². The molecule has 0 amide bonds. The molecule has 0 bridgehead atoms. The Hall–Kier alpha value is -2.89. The molecule has 0 aliphatic rings. The molecule has 2 aromatic rings. The molecular weight excluding hydrogens is 274 g/mol. The van der Waals surface area contributed by atoms with Crippen LogP contribution in [0.1, 0.15) is 5.56 Å². The zero-order chi connectivity index (χ0) is 15.2. The van der Waals surface area contributed by atoms with Gasteiger partial charge in [-0.1, -0.05) is 24.3 Å². The molecule has 0 saturated carbocycles. The van der Waals surface area contributed by atoms with Gasteiger partial charge in [0.2, 0.25) is 0 Å². The third kappa shape index (κ3) is 3.79. The van der Waals surface area contributed by atoms with Crippen molar-refractivity contribution in [1.29, 1.82) is 0 Å². The molecule has 0 N–H and O–H groups in total. The molecule has 108 valence electrons. The molecule has 21 heavy (non-hydrogen) atoms. The number of carbonyl (C=O) groups is 1. The summed E-state index contributed by atoms with van der Waals surface area (Å²) in [5, 5.41) is 10.7. The molecule has 0 heterocycles. The summed E-state index contributed by atoms with van der Waals surface area (Å²) in [6.07, 6.45) is 0.0205. The maximum Gasteiger partial charge on any atom is 0.315 e. The topological polar surface area (TPSA) is 78.7 Å². The van der Waals surface area contributed by atoms with E-state index in [1.54, 1.807) is 24.3 Å². The van der Waals surface area contributed by atoms with Crippen LogP contribution in [0.5, 0.6) is 11.5 Å². The minimum atomic E-state index is -0.544. The van der Waals surface area contributed by atoms with Crippen molar-refractivity contribution >= 4 is 11.7 Å². The van der Waals surface area contributed by atoms with Gasteiger partial charge in [-0.2, -0.15) is 0 Å². The summed E-state index contributed by atoms with van der Waals surface area (Å²) < 4.78 is 10.3. The van der Waals surface area contributed by atoms with Crippen molar-refractivity contribution in [2.24, 2.45) is 0 Å². The van der Waals surface area contributed by atoms with Crippen LogP contribution in [0.3, 0.4) is 0 Å². The number of esters is 1. The van der Waals surface area contributed by atoms with Crippen LogP contribution in [0.25, 0.3) is 0 Å². The van der Waals surface area contributed by atoms with Crippen LogP contribution < -0.4 is 9.47 Å². The minimum Gasteiger partial charge on any atom is -0.496 e. The van der Waals surface area contributed by atoms with Crippen LogP contribution >= 0.6 is 0 Å². The molecular formula is C15H13NO5. The Morgan fingerprint density at radius 3 is 2.67 bits per heavy atom. The number of para-hydroxylation sites is 1. The fourth-order valence-corrected chi connectivity index (χ4v) is 1.83. The number of nitro groups is 1. The van der Waals surface area contributed by atoms with Crippen molar-refractivity contribution < 1.29 is 19.2 Å². The molecule has 2 aromatic carbocycles. The van der Waals surface area contributed by atoms with E-state index in [9.17, 15) is 14.9 Å². The van der Waals surface area contributed by atoms with Crippen molar-refractivity contribution in [3.63, 3.8) is 0 Å². The summed E-state index contributed by atoms with van der Waals surface area (Å²) in [5.41, 5.74) is 0.563. The highest BCUT2D eigenvalue weighted by atomic mass is 16.6. The van der Waals surface area contributed by atoms with Crippen LogP contribution in [0.15, 0.2) is 48.5 Å². The van der Waals surface area contributed by atoms with E-state index in [0.29, 0.717) is 11.3 Å². The number of nitro benzene ring substituents is 1. The second-order valence-corrected chi connectivity index (χ2v) is 4.22. The van der Waals surface area contributed by atoms with Gasteiger partial charge in [0.15, 0.2) is 0 Å². The number of methoxy groups -OCH3 is 1. The molecule has 6 nitrogen and oxygen atoms in total. The number of carbonyl (C=O) groups excluding carboxylic acids is 1. The highest BCUT2D eigenvalue weighted by Gasteiger charge is 2.12. The Morgan fingerprint density at radius 2 is 1.95 bits per heavy atom. The molecule has 0 unspecified atom stereocenters. The first kappa shape index (κ1) is 14.5. The summed E-state index contributed by atoms with van der Waals surface area (Å²) in [5.74, 6) is 0.220. The fourth-order valence-electron chi connectivity index (χ4n) is 1.83. The van der Waals surface area contributed by atoms with Crippen LogP contribution in [0.4, 0.5) is 5.69 Å². The summed E-state index contributed by atoms with van der Waals surface area (Å²) in [4.78, 5) is 22.0. The average Bonchev–Trinajstić information content (AvgIpc) is 2.48. The van der Waals surface area contributed by atoms with Crippen LogP contribution in [0.2, 0.25) is 0 Å². The maximum absolute atomic E-state index is 11.9. The van der Waals surface area contributed by atoms with E-state index in [4.69, 9.17) is 9.47 Å². The number of ether oxygens (including phenoxy) is 2. The molecule has 0 aromatic heterocycles. The molecule has 0 aliphatic carbocycles. The summed E-state index contributed by atoms with van der Waals surface area (Å²) in [6.45, 7) is 0. The van der Waals surface area contributed by atoms with Gasteiger partial charge in [0, 0.05) is 11.6 Å². The van der Waals surface area contributed by atoms with E-state index in [1.807, 2.05) is 0 Å². The zero-order valence-corrected chi connectivity index (χ0v) is 11.3. The van der Waals surface area contributed by atoms with Crippen LogP contribution in [-0.4, -0.2) is 18.0 Å². The van der Waals surface area contributed by atoms with Crippen molar-refractivity contribution in [3.8, 4) is 11.5 Å². The van der Waals surface area contributed by atoms with E-state index in [1.165, 1.54) is 31.4 Å². The average molecular weight is 287 g/mol. The quantitative estimate of drug-likeness (QED) is 0.365. The Bertz CT molecular complexity index is 669. The van der Waals surface area contributed by atoms with Gasteiger partial charge in [-0.3, -0.25) is 14.9 Å². The molecule has 0 spiro atoms. The van der Waals surface area contributed by atoms with E-state index in [2.05, 4.69) is 0 Å². The number of non-ortho nitro benzene ring substituents is 1. The standard InChI is InChI=1S/C15H13NO5/c1-20-14-8-3-2-5-11(14)9-15(17)21-13-7-4-6-12(10-13)16(18)19/h2-8,10H,9H2,1H3. The minimum absolute atomic E-state index is 0.0205. The van der Waals surface area contributed by atoms with Crippen molar-refractivity contribution in [2.45, 2.75) is 6.42 Å². The van der Waals surface area contributed by atoms with Gasteiger partial charge >= 0.3 is 5.97 Å². The lowest BCUT2D eigenvalue weighted by Gasteiger charge is -2.08. The van der Waals surface area contributed by atoms with Crippen molar-refractivity contribution in [1.82, 2.24) is 0 Å². The monoisotopic (exact) mass is 287 g/mol. The molecule has 2 rings (SSSR count). The van der Waals surface area contributed by atoms with Gasteiger partial charge in [-0.05, 0) is 12.1 Å². The molecule has 0 saturated heterocycles. The Morgan fingerprint density at radius 1 is 1.19 bits per heavy atom. The molecule has 0 fully saturated rings. The van der Waals surface area contributed by atoms with E-state index in [0.717, 1.165) is 0 Å². The van der Waals surface area contributed by atoms with Crippen LogP contribution in [0, 0.1) is 10.1 Å². The van der Waals surface area contributed by atoms with Gasteiger partial charge in [-0.15, -0.1) is 0 Å². The lowest BCUT2D eigenvalue weighted by Crippen LogP contribution is -2.12. The third-order valence-corrected chi connectivity index (χ3v) is 2.79. The fraction of sp³-hybridized carbons (Fsp3) is 0.133. The predicted molar refractivity (Wildman–Crippen MR) is 75.4 cm³/mol. The SMILES string of the molecule is COc1ccccc1CC(=O)Oc1cccc([N+](=O)[O-])c1. The Kier molecular flexibility index (Phi) is 4.50. The Labute approximate surface area is 121 Å². The van der Waals surface area contributed by atoms with Gasteiger partial charge in [0.25, 0.3) is 5.69 Å². The lowest BCUT2D eigenvalue weighted by atomic mass is 10.1. The summed E-state index contributed by atoms with van der Waals surface area (Å²) >= 11 is 0. The first-order valence-corrected chi connectivity index (χ1v) is 6.17. The normalized spacial score (nSPS) is 9.95. The highest BCUT2D eigenvalue weighted by molar-refractivity contribution is 5.76. The molecule has 0 radical (unpaired) electrons. The first-order valence-electron chi connectivity index (χ1n) is 6.17. The number of hydrogen-bond acceptors (Lipinski definition) is 5. The second-order valence-electron chi connectivity index (χ2n) is 4.22. The van der Waals surface area contributed by atoms with Gasteiger partial charge < -0.3 is 9.47 Å². The van der Waals surface area contributed by atoms with Gasteiger partial charge in [-0.25, -0.2) is 0 Å². The number of rotatable bonds is 5.